The first-order valence-corrected chi connectivity index (χ1v) is 24.6. The minimum Gasteiger partial charge on any atom is -0.462 e. The third-order valence-corrected chi connectivity index (χ3v) is 10.1. The second-order valence-electron chi connectivity index (χ2n) is 16.1. The number of quaternary nitrogens is 1. The van der Waals surface area contributed by atoms with E-state index in [1.54, 1.807) is 0 Å². The van der Waals surface area contributed by atoms with Crippen molar-refractivity contribution in [3.63, 3.8) is 0 Å². The molecule has 2 atom stereocenters. The van der Waals surface area contributed by atoms with E-state index >= 15 is 0 Å². The summed E-state index contributed by atoms with van der Waals surface area (Å²) in [4.78, 5) is 35.1. The molecule has 0 aromatic rings. The number of phosphoric ester groups is 1. The van der Waals surface area contributed by atoms with Crippen LogP contribution < -0.4 is 0 Å². The van der Waals surface area contributed by atoms with Crippen molar-refractivity contribution >= 4 is 19.8 Å². The molecule has 0 aliphatic heterocycles. The highest BCUT2D eigenvalue weighted by molar-refractivity contribution is 7.47. The van der Waals surface area contributed by atoms with E-state index in [0.29, 0.717) is 17.4 Å². The molecule has 346 valence electrons. The highest BCUT2D eigenvalue weighted by Crippen LogP contribution is 2.43. The van der Waals surface area contributed by atoms with Crippen LogP contribution in [0.1, 0.15) is 149 Å². The Bertz CT molecular complexity index is 1400. The smallest absolute Gasteiger partial charge is 0.462 e. The molecule has 0 aliphatic rings. The molecule has 0 rings (SSSR count). The Morgan fingerprint density at radius 2 is 0.934 bits per heavy atom. The van der Waals surface area contributed by atoms with Crippen LogP contribution in [0.15, 0.2) is 109 Å². The molecular formula is C51H85NO8P+. The first-order valence-electron chi connectivity index (χ1n) is 23.1. The van der Waals surface area contributed by atoms with Crippen molar-refractivity contribution in [1.82, 2.24) is 0 Å². The molecule has 0 saturated carbocycles. The van der Waals surface area contributed by atoms with Gasteiger partial charge in [-0.25, -0.2) is 4.57 Å². The van der Waals surface area contributed by atoms with Gasteiger partial charge in [0.15, 0.2) is 6.10 Å². The minimum absolute atomic E-state index is 0.0191. The summed E-state index contributed by atoms with van der Waals surface area (Å²) >= 11 is 0. The number of carbonyl (C=O) groups excluding carboxylic acids is 2. The average molecular weight is 871 g/mol. The van der Waals surface area contributed by atoms with E-state index in [-0.39, 0.29) is 26.1 Å². The van der Waals surface area contributed by atoms with Crippen LogP contribution in [0, 0.1) is 0 Å². The van der Waals surface area contributed by atoms with Crippen LogP contribution in [0.2, 0.25) is 0 Å². The maximum Gasteiger partial charge on any atom is 0.472 e. The zero-order valence-corrected chi connectivity index (χ0v) is 39.7. The molecule has 0 spiro atoms. The second kappa shape index (κ2) is 42.0. The van der Waals surface area contributed by atoms with Gasteiger partial charge < -0.3 is 18.9 Å². The van der Waals surface area contributed by atoms with Crippen molar-refractivity contribution in [2.75, 3.05) is 47.5 Å². The lowest BCUT2D eigenvalue weighted by Crippen LogP contribution is -2.37. The summed E-state index contributed by atoms with van der Waals surface area (Å²) in [5.74, 6) is -0.859. The molecule has 0 saturated heterocycles. The van der Waals surface area contributed by atoms with Crippen LogP contribution >= 0.6 is 7.82 Å². The van der Waals surface area contributed by atoms with E-state index < -0.39 is 32.5 Å². The predicted octanol–water partition coefficient (Wildman–Crippen LogP) is 13.5. The summed E-state index contributed by atoms with van der Waals surface area (Å²) < 4.78 is 34.1. The summed E-state index contributed by atoms with van der Waals surface area (Å²) in [5, 5.41) is 0. The van der Waals surface area contributed by atoms with Gasteiger partial charge in [-0.2, -0.15) is 0 Å². The van der Waals surface area contributed by atoms with E-state index in [0.717, 1.165) is 109 Å². The van der Waals surface area contributed by atoms with E-state index in [1.165, 1.54) is 6.42 Å². The molecule has 1 N–H and O–H groups in total. The number of carbonyl (C=O) groups is 2. The molecule has 2 unspecified atom stereocenters. The van der Waals surface area contributed by atoms with E-state index in [4.69, 9.17) is 18.5 Å². The van der Waals surface area contributed by atoms with Gasteiger partial charge in [0.05, 0.1) is 27.7 Å². The summed E-state index contributed by atoms with van der Waals surface area (Å²) in [5.41, 5.74) is 0. The van der Waals surface area contributed by atoms with Crippen molar-refractivity contribution in [3.8, 4) is 0 Å². The van der Waals surface area contributed by atoms with Crippen molar-refractivity contribution in [2.45, 2.75) is 155 Å². The summed E-state index contributed by atoms with van der Waals surface area (Å²) in [6.45, 7) is 4.16. The molecule has 0 aromatic heterocycles. The molecule has 0 amide bonds. The molecule has 0 radical (unpaired) electrons. The Morgan fingerprint density at radius 1 is 0.525 bits per heavy atom. The Balaban J connectivity index is 4.23. The monoisotopic (exact) mass is 871 g/mol. The van der Waals surface area contributed by atoms with Gasteiger partial charge in [0.25, 0.3) is 0 Å². The molecule has 0 bridgehead atoms. The fourth-order valence-electron chi connectivity index (χ4n) is 5.47. The number of ether oxygens (including phenoxy) is 2. The summed E-state index contributed by atoms with van der Waals surface area (Å²) in [6.07, 6.45) is 57.6. The zero-order valence-electron chi connectivity index (χ0n) is 38.8. The van der Waals surface area contributed by atoms with Crippen molar-refractivity contribution in [3.05, 3.63) is 109 Å². The lowest BCUT2D eigenvalue weighted by molar-refractivity contribution is -0.870. The van der Waals surface area contributed by atoms with Crippen molar-refractivity contribution in [2.24, 2.45) is 0 Å². The fourth-order valence-corrected chi connectivity index (χ4v) is 6.22. The molecule has 0 aliphatic carbocycles. The average Bonchev–Trinajstić information content (AvgIpc) is 3.21. The largest absolute Gasteiger partial charge is 0.472 e. The quantitative estimate of drug-likeness (QED) is 0.0213. The van der Waals surface area contributed by atoms with E-state index in [2.05, 4.69) is 123 Å². The minimum atomic E-state index is -4.38. The van der Waals surface area contributed by atoms with Gasteiger partial charge in [0, 0.05) is 12.8 Å². The Hall–Kier alpha value is -3.33. The van der Waals surface area contributed by atoms with Gasteiger partial charge in [-0.3, -0.25) is 18.6 Å². The van der Waals surface area contributed by atoms with Crippen LogP contribution in [0.5, 0.6) is 0 Å². The highest BCUT2D eigenvalue weighted by Gasteiger charge is 2.27. The third kappa shape index (κ3) is 46.0. The molecule has 0 aromatic carbocycles. The van der Waals surface area contributed by atoms with Gasteiger partial charge >= 0.3 is 19.8 Å². The Labute approximate surface area is 372 Å². The topological polar surface area (TPSA) is 108 Å². The number of hydrogen-bond acceptors (Lipinski definition) is 7. The Kier molecular flexibility index (Phi) is 39.7. The first-order chi connectivity index (χ1) is 29.5. The van der Waals surface area contributed by atoms with Crippen molar-refractivity contribution in [1.29, 1.82) is 0 Å². The lowest BCUT2D eigenvalue weighted by Gasteiger charge is -2.24. The first kappa shape index (κ1) is 57.7. The third-order valence-electron chi connectivity index (χ3n) is 9.07. The SMILES string of the molecule is CC/C=C\C/C=C\C/C=C\C/C=C\C/C=C\C/C=C\C/C=C\C/C=C\C/C=C\CCCCCC(=O)OC(COC(=O)CCCCCCCC)COP(=O)(O)OCC[N+](C)(C)C. The number of likely N-dealkylation sites (N-methyl/N-ethyl adjacent to an activating group) is 1. The van der Waals surface area contributed by atoms with E-state index in [9.17, 15) is 19.0 Å². The highest BCUT2D eigenvalue weighted by atomic mass is 31.2. The van der Waals surface area contributed by atoms with Crippen LogP contribution in [0.25, 0.3) is 0 Å². The molecule has 61 heavy (non-hydrogen) atoms. The number of hydrogen-bond donors (Lipinski definition) is 1. The number of phosphoric acid groups is 1. The lowest BCUT2D eigenvalue weighted by atomic mass is 10.1. The van der Waals surface area contributed by atoms with Crippen LogP contribution in [-0.2, 0) is 32.7 Å². The van der Waals surface area contributed by atoms with Crippen LogP contribution in [0.3, 0.4) is 0 Å². The fraction of sp³-hybridized carbons (Fsp3) is 0.608. The summed E-state index contributed by atoms with van der Waals surface area (Å²) in [6, 6.07) is 0. The molecule has 0 fully saturated rings. The normalized spacial score (nSPS) is 14.5. The number of nitrogens with zero attached hydrogens (tertiary/aromatic N) is 1. The second-order valence-corrected chi connectivity index (χ2v) is 17.5. The van der Waals surface area contributed by atoms with Crippen LogP contribution in [0.4, 0.5) is 0 Å². The number of unbranched alkanes of at least 4 members (excludes halogenated alkanes) is 8. The molecular weight excluding hydrogens is 786 g/mol. The van der Waals surface area contributed by atoms with Crippen LogP contribution in [-0.4, -0.2) is 74.9 Å². The molecule has 9 nitrogen and oxygen atoms in total. The molecule has 10 heteroatoms. The zero-order chi connectivity index (χ0) is 45.0. The number of rotatable bonds is 40. The molecule has 0 heterocycles. The van der Waals surface area contributed by atoms with E-state index in [1.807, 2.05) is 21.1 Å². The van der Waals surface area contributed by atoms with Gasteiger partial charge in [-0.1, -0.05) is 162 Å². The van der Waals surface area contributed by atoms with Gasteiger partial charge in [-0.15, -0.1) is 0 Å². The van der Waals surface area contributed by atoms with Gasteiger partial charge in [-0.05, 0) is 83.5 Å². The van der Waals surface area contributed by atoms with Gasteiger partial charge in [0.2, 0.25) is 0 Å². The maximum atomic E-state index is 12.6. The summed E-state index contributed by atoms with van der Waals surface area (Å²) in [7, 11) is 1.43. The maximum absolute atomic E-state index is 12.6. The number of esters is 2. The number of allylic oxidation sites excluding steroid dienone is 18. The standard InChI is InChI=1S/C51H84NO8P/c1-6-8-10-12-14-15-16-17-18-19-20-21-22-23-24-25-26-27-28-29-30-31-32-33-34-35-36-37-38-40-42-44-51(54)60-49(47-57-50(53)43-41-39-13-11-9-7-2)48-59-61(55,56)58-46-45-52(3,4)5/h8,10,14-15,17-18,20-21,23-24,26-27,29-30,32-33,35-36,49H,6-7,9,11-13,16,19,22,25,28,31,34,37-48H2,1-5H3/p+1/b10-8-,15-14-,18-17-,21-20-,24-23-,27-26-,30-29-,33-32-,36-35-. The van der Waals surface area contributed by atoms with Crippen molar-refractivity contribution < 1.29 is 42.1 Å². The Morgan fingerprint density at radius 3 is 1.39 bits per heavy atom. The van der Waals surface area contributed by atoms with Gasteiger partial charge in [0.1, 0.15) is 19.8 Å². The predicted molar refractivity (Wildman–Crippen MR) is 256 cm³/mol.